The van der Waals surface area contributed by atoms with Gasteiger partial charge in [0.2, 0.25) is 5.91 Å². The van der Waals surface area contributed by atoms with Gasteiger partial charge in [-0.05, 0) is 37.1 Å². The van der Waals surface area contributed by atoms with Gasteiger partial charge in [0.05, 0.1) is 12.6 Å². The number of nitrogens with zero attached hydrogens (tertiary/aromatic N) is 5. The van der Waals surface area contributed by atoms with E-state index < -0.39 is 0 Å². The number of likely N-dealkylation sites (tertiary alicyclic amines) is 1. The van der Waals surface area contributed by atoms with Gasteiger partial charge in [0.1, 0.15) is 11.6 Å². The molecular formula is C19H22FN5O3. The van der Waals surface area contributed by atoms with E-state index in [1.54, 1.807) is 11.8 Å². The molecule has 3 heterocycles. The smallest absolute Gasteiger partial charge is 0.260 e. The van der Waals surface area contributed by atoms with Crippen LogP contribution in [-0.2, 0) is 22.7 Å². The van der Waals surface area contributed by atoms with E-state index >= 15 is 0 Å². The first-order chi connectivity index (χ1) is 13.5. The summed E-state index contributed by atoms with van der Waals surface area (Å²) in [6.45, 7) is 3.66. The summed E-state index contributed by atoms with van der Waals surface area (Å²) in [7, 11) is 0. The van der Waals surface area contributed by atoms with Crippen molar-refractivity contribution >= 4 is 11.8 Å². The number of hydrogen-bond donors (Lipinski definition) is 0. The molecule has 0 unspecified atom stereocenters. The molecule has 1 aromatic heterocycles. The van der Waals surface area contributed by atoms with Crippen molar-refractivity contribution in [3.8, 4) is 5.75 Å². The summed E-state index contributed by atoms with van der Waals surface area (Å²) < 4.78 is 20.4. The molecule has 0 spiro atoms. The second-order valence-corrected chi connectivity index (χ2v) is 7.05. The quantitative estimate of drug-likeness (QED) is 0.795. The lowest BCUT2D eigenvalue weighted by Crippen LogP contribution is -2.41. The Kier molecular flexibility index (Phi) is 4.97. The van der Waals surface area contributed by atoms with Gasteiger partial charge in [0.25, 0.3) is 5.91 Å². The summed E-state index contributed by atoms with van der Waals surface area (Å²) in [5.41, 5.74) is 0. The first kappa shape index (κ1) is 18.4. The predicted octanol–water partition coefficient (Wildman–Crippen LogP) is 1.52. The molecule has 1 aromatic carbocycles. The fourth-order valence-electron chi connectivity index (χ4n) is 3.82. The minimum Gasteiger partial charge on any atom is -0.484 e. The van der Waals surface area contributed by atoms with E-state index in [1.807, 2.05) is 9.47 Å². The van der Waals surface area contributed by atoms with Gasteiger partial charge in [-0.1, -0.05) is 0 Å². The molecule has 2 aromatic rings. The molecule has 1 saturated heterocycles. The number of halogens is 1. The van der Waals surface area contributed by atoms with Crippen LogP contribution in [0.4, 0.5) is 4.39 Å². The Labute approximate surface area is 161 Å². The van der Waals surface area contributed by atoms with Crippen molar-refractivity contribution in [2.75, 3.05) is 19.7 Å². The predicted molar refractivity (Wildman–Crippen MR) is 96.7 cm³/mol. The fraction of sp³-hybridized carbons (Fsp3) is 0.474. The zero-order valence-corrected chi connectivity index (χ0v) is 15.7. The lowest BCUT2D eigenvalue weighted by atomic mass is 10.2. The number of ether oxygens (including phenoxy) is 1. The number of amides is 2. The van der Waals surface area contributed by atoms with E-state index in [9.17, 15) is 14.0 Å². The lowest BCUT2D eigenvalue weighted by molar-refractivity contribution is -0.134. The van der Waals surface area contributed by atoms with Crippen LogP contribution in [0.25, 0.3) is 0 Å². The van der Waals surface area contributed by atoms with Gasteiger partial charge in [0.15, 0.2) is 18.3 Å². The Bertz CT molecular complexity index is 882. The van der Waals surface area contributed by atoms with Gasteiger partial charge in [-0.25, -0.2) is 4.39 Å². The van der Waals surface area contributed by atoms with E-state index in [2.05, 4.69) is 10.2 Å². The number of hydrogen-bond acceptors (Lipinski definition) is 5. The maximum absolute atomic E-state index is 12.9. The van der Waals surface area contributed by atoms with Gasteiger partial charge in [-0.3, -0.25) is 9.59 Å². The number of rotatable bonds is 4. The molecule has 0 saturated carbocycles. The topological polar surface area (TPSA) is 80.6 Å². The zero-order valence-electron chi connectivity index (χ0n) is 15.7. The molecule has 2 aliphatic rings. The van der Waals surface area contributed by atoms with Crippen LogP contribution in [-0.4, -0.2) is 56.1 Å². The molecule has 0 N–H and O–H groups in total. The third kappa shape index (κ3) is 3.56. The molecule has 0 radical (unpaired) electrons. The van der Waals surface area contributed by atoms with Crippen LogP contribution in [0.15, 0.2) is 24.3 Å². The summed E-state index contributed by atoms with van der Waals surface area (Å²) in [5, 5.41) is 8.58. The first-order valence-corrected chi connectivity index (χ1v) is 9.38. The van der Waals surface area contributed by atoms with Crippen LogP contribution in [0.2, 0.25) is 0 Å². The number of carbonyl (C=O) groups is 2. The highest BCUT2D eigenvalue weighted by atomic mass is 19.1. The van der Waals surface area contributed by atoms with Crippen molar-refractivity contribution in [1.29, 1.82) is 0 Å². The third-order valence-electron chi connectivity index (χ3n) is 5.27. The molecule has 0 aliphatic carbocycles. The summed E-state index contributed by atoms with van der Waals surface area (Å²) in [6, 6.07) is 5.52. The molecule has 28 heavy (non-hydrogen) atoms. The van der Waals surface area contributed by atoms with Gasteiger partial charge >= 0.3 is 0 Å². The fourth-order valence-corrected chi connectivity index (χ4v) is 3.82. The molecule has 0 bridgehead atoms. The van der Waals surface area contributed by atoms with Gasteiger partial charge in [0, 0.05) is 26.6 Å². The third-order valence-corrected chi connectivity index (χ3v) is 5.27. The van der Waals surface area contributed by atoms with Crippen molar-refractivity contribution < 1.29 is 18.7 Å². The van der Waals surface area contributed by atoms with Crippen LogP contribution in [0.5, 0.6) is 5.75 Å². The Morgan fingerprint density at radius 2 is 1.96 bits per heavy atom. The van der Waals surface area contributed by atoms with Gasteiger partial charge < -0.3 is 19.1 Å². The second kappa shape index (κ2) is 7.57. The second-order valence-electron chi connectivity index (χ2n) is 7.05. The Morgan fingerprint density at radius 3 is 2.71 bits per heavy atom. The van der Waals surface area contributed by atoms with E-state index in [1.165, 1.54) is 24.3 Å². The SMILES string of the molecule is CC(=O)N1CCC[C@H]1c1nnc2n1CCN(C(=O)COc1ccc(F)cc1)C2. The molecule has 2 aliphatic heterocycles. The molecule has 8 nitrogen and oxygen atoms in total. The van der Waals surface area contributed by atoms with Gasteiger partial charge in [-0.2, -0.15) is 0 Å². The number of benzene rings is 1. The highest BCUT2D eigenvalue weighted by Crippen LogP contribution is 2.32. The Hall–Kier alpha value is -2.97. The first-order valence-electron chi connectivity index (χ1n) is 9.38. The van der Waals surface area contributed by atoms with Crippen LogP contribution < -0.4 is 4.74 Å². The van der Waals surface area contributed by atoms with E-state index in [4.69, 9.17) is 4.74 Å². The number of carbonyl (C=O) groups excluding carboxylic acids is 2. The highest BCUT2D eigenvalue weighted by molar-refractivity contribution is 5.77. The minimum atomic E-state index is -0.351. The molecule has 1 atom stereocenters. The highest BCUT2D eigenvalue weighted by Gasteiger charge is 2.34. The van der Waals surface area contributed by atoms with Crippen LogP contribution >= 0.6 is 0 Å². The standard InChI is InChI=1S/C19H22FN5O3/c1-13(26)24-8-2-3-16(24)19-22-21-17-11-23(9-10-25(17)19)18(27)12-28-15-6-4-14(20)5-7-15/h4-7,16H,2-3,8-12H2,1H3/t16-/m0/s1. The zero-order chi connectivity index (χ0) is 19.7. The maximum Gasteiger partial charge on any atom is 0.260 e. The largest absolute Gasteiger partial charge is 0.484 e. The van der Waals surface area contributed by atoms with E-state index in [0.717, 1.165) is 25.2 Å². The Balaban J connectivity index is 1.40. The van der Waals surface area contributed by atoms with E-state index in [-0.39, 0.29) is 30.3 Å². The van der Waals surface area contributed by atoms with Crippen LogP contribution in [0, 0.1) is 5.82 Å². The lowest BCUT2D eigenvalue weighted by Gasteiger charge is -2.29. The molecule has 4 rings (SSSR count). The maximum atomic E-state index is 12.9. The van der Waals surface area contributed by atoms with Crippen molar-refractivity contribution in [1.82, 2.24) is 24.6 Å². The average Bonchev–Trinajstić information content (AvgIpc) is 3.33. The molecular weight excluding hydrogens is 365 g/mol. The monoisotopic (exact) mass is 387 g/mol. The van der Waals surface area contributed by atoms with Crippen LogP contribution in [0.1, 0.15) is 37.5 Å². The summed E-state index contributed by atoms with van der Waals surface area (Å²) >= 11 is 0. The molecule has 9 heteroatoms. The van der Waals surface area contributed by atoms with Gasteiger partial charge in [-0.15, -0.1) is 10.2 Å². The van der Waals surface area contributed by atoms with Crippen molar-refractivity contribution in [2.24, 2.45) is 0 Å². The Morgan fingerprint density at radius 1 is 1.18 bits per heavy atom. The van der Waals surface area contributed by atoms with Crippen molar-refractivity contribution in [3.63, 3.8) is 0 Å². The summed E-state index contributed by atoms with van der Waals surface area (Å²) in [4.78, 5) is 27.8. The molecule has 148 valence electrons. The summed E-state index contributed by atoms with van der Waals surface area (Å²) in [6.07, 6.45) is 1.84. The summed E-state index contributed by atoms with van der Waals surface area (Å²) in [5.74, 6) is 1.50. The van der Waals surface area contributed by atoms with E-state index in [0.29, 0.717) is 31.2 Å². The van der Waals surface area contributed by atoms with Crippen LogP contribution in [0.3, 0.4) is 0 Å². The van der Waals surface area contributed by atoms with Crippen molar-refractivity contribution in [2.45, 2.75) is 38.9 Å². The molecule has 2 amide bonds. The molecule has 1 fully saturated rings. The normalized spacial score (nSPS) is 18.9. The minimum absolute atomic E-state index is 0.0391. The van der Waals surface area contributed by atoms with Crippen molar-refractivity contribution in [3.05, 3.63) is 41.7 Å². The number of aromatic nitrogens is 3. The number of fused-ring (bicyclic) bond motifs is 1. The average molecular weight is 387 g/mol.